The molecular weight excluding hydrogens is 468 g/mol. The summed E-state index contributed by atoms with van der Waals surface area (Å²) in [6, 6.07) is 11.5. The van der Waals surface area contributed by atoms with Crippen LogP contribution in [0.25, 0.3) is 10.9 Å². The van der Waals surface area contributed by atoms with Gasteiger partial charge >= 0.3 is 0 Å². The molecule has 2 atom stereocenters. The quantitative estimate of drug-likeness (QED) is 0.337. The molecule has 196 valence electrons. The standard InChI is InChI=1S/C28H36N6O3/c1-5-19-11-12-24-20(15-19)16-23(27(35)29-24)25(26-30-31-32-34(26)28(3,4)6-2)33(17-21-9-7-13-36-21)18-22-10-8-14-37-22/h7,9,11-13,15-16,22,25H,5-6,8,10,14,17-18H2,1-4H3,(H,29,35)/t22-,25-/m1/s1. The molecule has 0 spiro atoms. The Hall–Kier alpha value is -3.30. The van der Waals surface area contributed by atoms with Gasteiger partial charge in [-0.15, -0.1) is 5.10 Å². The minimum atomic E-state index is -0.506. The van der Waals surface area contributed by atoms with E-state index >= 15 is 0 Å². The summed E-state index contributed by atoms with van der Waals surface area (Å²) in [4.78, 5) is 19.0. The number of ether oxygens (including phenoxy) is 1. The molecule has 1 fully saturated rings. The summed E-state index contributed by atoms with van der Waals surface area (Å²) in [5.74, 6) is 1.44. The minimum absolute atomic E-state index is 0.0622. The van der Waals surface area contributed by atoms with Gasteiger partial charge in [0, 0.05) is 24.2 Å². The monoisotopic (exact) mass is 504 g/mol. The van der Waals surface area contributed by atoms with Crippen molar-refractivity contribution in [2.75, 3.05) is 13.2 Å². The van der Waals surface area contributed by atoms with E-state index in [0.717, 1.165) is 49.0 Å². The zero-order valence-electron chi connectivity index (χ0n) is 22.1. The van der Waals surface area contributed by atoms with E-state index in [9.17, 15) is 4.79 Å². The molecule has 0 aliphatic carbocycles. The van der Waals surface area contributed by atoms with E-state index in [2.05, 4.69) is 65.2 Å². The van der Waals surface area contributed by atoms with Crippen LogP contribution in [0.1, 0.15) is 75.7 Å². The van der Waals surface area contributed by atoms with Crippen molar-refractivity contribution in [3.05, 3.63) is 75.7 Å². The lowest BCUT2D eigenvalue weighted by Crippen LogP contribution is -2.41. The molecule has 1 aliphatic rings. The molecule has 5 rings (SSSR count). The van der Waals surface area contributed by atoms with E-state index in [0.29, 0.717) is 24.5 Å². The highest BCUT2D eigenvalue weighted by molar-refractivity contribution is 5.80. The van der Waals surface area contributed by atoms with Crippen LogP contribution < -0.4 is 5.56 Å². The lowest BCUT2D eigenvalue weighted by molar-refractivity contribution is 0.0534. The van der Waals surface area contributed by atoms with E-state index < -0.39 is 6.04 Å². The predicted molar refractivity (Wildman–Crippen MR) is 141 cm³/mol. The van der Waals surface area contributed by atoms with Gasteiger partial charge in [-0.3, -0.25) is 9.69 Å². The average Bonchev–Trinajstić information content (AvgIpc) is 3.68. The second kappa shape index (κ2) is 10.6. The summed E-state index contributed by atoms with van der Waals surface area (Å²) in [6.45, 7) is 10.3. The van der Waals surface area contributed by atoms with Crippen molar-refractivity contribution >= 4 is 10.9 Å². The molecule has 0 bridgehead atoms. The predicted octanol–water partition coefficient (Wildman–Crippen LogP) is 4.59. The Morgan fingerprint density at radius 2 is 2.11 bits per heavy atom. The number of aromatic amines is 1. The maximum absolute atomic E-state index is 13.7. The topological polar surface area (TPSA) is 102 Å². The molecule has 37 heavy (non-hydrogen) atoms. The Kier molecular flexibility index (Phi) is 7.26. The van der Waals surface area contributed by atoms with Gasteiger partial charge in [0.2, 0.25) is 0 Å². The Labute approximate surface area is 216 Å². The summed E-state index contributed by atoms with van der Waals surface area (Å²) in [6.07, 6.45) is 5.48. The van der Waals surface area contributed by atoms with Crippen molar-refractivity contribution in [1.82, 2.24) is 30.1 Å². The summed E-state index contributed by atoms with van der Waals surface area (Å²) in [5, 5.41) is 14.0. The zero-order chi connectivity index (χ0) is 26.0. The highest BCUT2D eigenvalue weighted by Crippen LogP contribution is 2.33. The van der Waals surface area contributed by atoms with Crippen LogP contribution in [0, 0.1) is 0 Å². The van der Waals surface area contributed by atoms with Gasteiger partial charge in [0.25, 0.3) is 5.56 Å². The molecule has 1 N–H and O–H groups in total. The smallest absolute Gasteiger partial charge is 0.253 e. The second-order valence-corrected chi connectivity index (χ2v) is 10.5. The van der Waals surface area contributed by atoms with Gasteiger partial charge in [0.1, 0.15) is 11.8 Å². The number of pyridine rings is 1. The van der Waals surface area contributed by atoms with Crippen molar-refractivity contribution in [1.29, 1.82) is 0 Å². The van der Waals surface area contributed by atoms with Crippen LogP contribution in [-0.4, -0.2) is 49.3 Å². The molecule has 0 saturated carbocycles. The van der Waals surface area contributed by atoms with Crippen molar-refractivity contribution in [2.45, 2.75) is 77.6 Å². The number of rotatable bonds is 10. The zero-order valence-corrected chi connectivity index (χ0v) is 22.1. The molecule has 0 amide bonds. The highest BCUT2D eigenvalue weighted by Gasteiger charge is 2.36. The number of hydrogen-bond donors (Lipinski definition) is 1. The number of aryl methyl sites for hydroxylation is 1. The fourth-order valence-electron chi connectivity index (χ4n) is 5.05. The Balaban J connectivity index is 1.70. The Morgan fingerprint density at radius 1 is 1.24 bits per heavy atom. The number of H-pyrrole nitrogens is 1. The number of fused-ring (bicyclic) bond motifs is 1. The van der Waals surface area contributed by atoms with Crippen LogP contribution in [0.4, 0.5) is 0 Å². The molecule has 1 aromatic carbocycles. The third kappa shape index (κ3) is 5.24. The van der Waals surface area contributed by atoms with E-state index in [-0.39, 0.29) is 17.2 Å². The third-order valence-corrected chi connectivity index (χ3v) is 7.58. The first-order valence-corrected chi connectivity index (χ1v) is 13.2. The number of benzene rings is 1. The van der Waals surface area contributed by atoms with Crippen molar-refractivity contribution in [3.63, 3.8) is 0 Å². The highest BCUT2D eigenvalue weighted by atomic mass is 16.5. The Morgan fingerprint density at radius 3 is 2.81 bits per heavy atom. The fourth-order valence-corrected chi connectivity index (χ4v) is 5.05. The first-order valence-electron chi connectivity index (χ1n) is 13.2. The molecule has 4 heterocycles. The molecule has 4 aromatic rings. The maximum Gasteiger partial charge on any atom is 0.253 e. The number of furan rings is 1. The fraction of sp³-hybridized carbons (Fsp3) is 0.500. The molecule has 0 unspecified atom stereocenters. The van der Waals surface area contributed by atoms with Crippen LogP contribution in [0.3, 0.4) is 0 Å². The lowest BCUT2D eigenvalue weighted by Gasteiger charge is -2.34. The number of aromatic nitrogens is 5. The largest absolute Gasteiger partial charge is 0.468 e. The van der Waals surface area contributed by atoms with Crippen molar-refractivity contribution < 1.29 is 9.15 Å². The third-order valence-electron chi connectivity index (χ3n) is 7.58. The Bertz CT molecular complexity index is 1380. The van der Waals surface area contributed by atoms with E-state index in [1.807, 2.05) is 28.9 Å². The summed E-state index contributed by atoms with van der Waals surface area (Å²) in [5.41, 5.74) is 2.15. The van der Waals surface area contributed by atoms with Gasteiger partial charge in [-0.2, -0.15) is 0 Å². The SMILES string of the molecule is CCc1ccc2[nH]c(=O)c([C@H](c3nnnn3C(C)(C)CC)N(Cc3ccco3)C[C@H]3CCCO3)cc2c1. The van der Waals surface area contributed by atoms with Gasteiger partial charge in [0.05, 0.1) is 24.5 Å². The van der Waals surface area contributed by atoms with Gasteiger partial charge in [0.15, 0.2) is 5.82 Å². The number of hydrogen-bond acceptors (Lipinski definition) is 7. The van der Waals surface area contributed by atoms with Crippen molar-refractivity contribution in [3.8, 4) is 0 Å². The number of nitrogens with zero attached hydrogens (tertiary/aromatic N) is 5. The van der Waals surface area contributed by atoms with Crippen LogP contribution in [0.5, 0.6) is 0 Å². The molecule has 0 radical (unpaired) electrons. The van der Waals surface area contributed by atoms with Crippen molar-refractivity contribution in [2.24, 2.45) is 0 Å². The van der Waals surface area contributed by atoms with Gasteiger partial charge < -0.3 is 14.1 Å². The van der Waals surface area contributed by atoms with E-state index in [1.54, 1.807) is 6.26 Å². The molecule has 1 saturated heterocycles. The normalized spacial score (nSPS) is 17.2. The second-order valence-electron chi connectivity index (χ2n) is 10.5. The van der Waals surface area contributed by atoms with Crippen LogP contribution in [0.2, 0.25) is 0 Å². The van der Waals surface area contributed by atoms with Gasteiger partial charge in [-0.05, 0) is 91.2 Å². The number of tetrazole rings is 1. The average molecular weight is 505 g/mol. The van der Waals surface area contributed by atoms with E-state index in [4.69, 9.17) is 9.15 Å². The molecule has 9 heteroatoms. The maximum atomic E-state index is 13.7. The minimum Gasteiger partial charge on any atom is -0.468 e. The molecule has 1 aliphatic heterocycles. The molecule has 3 aromatic heterocycles. The first-order chi connectivity index (χ1) is 17.9. The summed E-state index contributed by atoms with van der Waals surface area (Å²) >= 11 is 0. The van der Waals surface area contributed by atoms with Crippen LogP contribution in [0.15, 0.2) is 51.9 Å². The molecular formula is C28H36N6O3. The summed E-state index contributed by atoms with van der Waals surface area (Å²) < 4.78 is 13.7. The summed E-state index contributed by atoms with van der Waals surface area (Å²) in [7, 11) is 0. The lowest BCUT2D eigenvalue weighted by atomic mass is 9.98. The van der Waals surface area contributed by atoms with E-state index in [1.165, 1.54) is 5.56 Å². The van der Waals surface area contributed by atoms with Gasteiger partial charge in [-0.25, -0.2) is 4.68 Å². The molecule has 9 nitrogen and oxygen atoms in total. The van der Waals surface area contributed by atoms with Crippen LogP contribution >= 0.6 is 0 Å². The van der Waals surface area contributed by atoms with Crippen LogP contribution in [-0.2, 0) is 23.2 Å². The first kappa shape index (κ1) is 25.4. The van der Waals surface area contributed by atoms with Gasteiger partial charge in [-0.1, -0.05) is 19.9 Å². The number of nitrogens with one attached hydrogen (secondary N) is 1.